The topological polar surface area (TPSA) is 83.5 Å². The lowest BCUT2D eigenvalue weighted by Gasteiger charge is -2.11. The first-order chi connectivity index (χ1) is 8.92. The number of alkyl halides is 1. The molecule has 0 saturated carbocycles. The van der Waals surface area contributed by atoms with Crippen LogP contribution in [0.1, 0.15) is 29.3 Å². The molecule has 5 nitrogen and oxygen atoms in total. The molecule has 0 bridgehead atoms. The van der Waals surface area contributed by atoms with Crippen LogP contribution in [0, 0.1) is 0 Å². The van der Waals surface area contributed by atoms with Gasteiger partial charge in [0.2, 0.25) is 10.0 Å². The standard InChI is InChI=1S/C12H16FNO4S/c1-2-9-4-5-10(12(15)16)8-11(9)19(17,18)14-7-3-6-13/h4-5,8,14H,2-3,6-7H2,1H3,(H,15,16). The molecule has 0 aliphatic heterocycles. The van der Waals surface area contributed by atoms with E-state index in [0.29, 0.717) is 12.0 Å². The van der Waals surface area contributed by atoms with Crippen molar-refractivity contribution in [2.24, 2.45) is 0 Å². The van der Waals surface area contributed by atoms with Crippen LogP contribution in [0.25, 0.3) is 0 Å². The van der Waals surface area contributed by atoms with E-state index in [0.717, 1.165) is 6.07 Å². The Morgan fingerprint density at radius 3 is 2.63 bits per heavy atom. The SMILES string of the molecule is CCc1ccc(C(=O)O)cc1S(=O)(=O)NCCCF. The molecule has 106 valence electrons. The fraction of sp³-hybridized carbons (Fsp3) is 0.417. The number of sulfonamides is 1. The average Bonchev–Trinajstić information content (AvgIpc) is 2.38. The molecule has 0 aliphatic carbocycles. The molecule has 1 rings (SSSR count). The van der Waals surface area contributed by atoms with E-state index in [1.807, 2.05) is 0 Å². The van der Waals surface area contributed by atoms with Gasteiger partial charge in [-0.1, -0.05) is 13.0 Å². The number of halogens is 1. The Morgan fingerprint density at radius 1 is 1.42 bits per heavy atom. The van der Waals surface area contributed by atoms with Gasteiger partial charge < -0.3 is 5.11 Å². The van der Waals surface area contributed by atoms with E-state index in [4.69, 9.17) is 5.11 Å². The maximum atomic E-state index is 12.0. The number of aromatic carboxylic acids is 1. The first-order valence-corrected chi connectivity index (χ1v) is 7.32. The van der Waals surface area contributed by atoms with Crippen LogP contribution in [-0.4, -0.2) is 32.7 Å². The predicted molar refractivity (Wildman–Crippen MR) is 68.6 cm³/mol. The number of carbonyl (C=O) groups is 1. The number of carboxylic acids is 1. The third kappa shape index (κ3) is 4.00. The molecule has 2 N–H and O–H groups in total. The summed E-state index contributed by atoms with van der Waals surface area (Å²) in [6, 6.07) is 3.97. The fourth-order valence-electron chi connectivity index (χ4n) is 1.58. The third-order valence-electron chi connectivity index (χ3n) is 2.59. The van der Waals surface area contributed by atoms with E-state index < -0.39 is 22.7 Å². The summed E-state index contributed by atoms with van der Waals surface area (Å²) in [5.74, 6) is -1.19. The molecule has 19 heavy (non-hydrogen) atoms. The van der Waals surface area contributed by atoms with Crippen molar-refractivity contribution in [3.05, 3.63) is 29.3 Å². The van der Waals surface area contributed by atoms with Gasteiger partial charge in [0.15, 0.2) is 0 Å². The highest BCUT2D eigenvalue weighted by molar-refractivity contribution is 7.89. The zero-order valence-corrected chi connectivity index (χ0v) is 11.3. The average molecular weight is 289 g/mol. The van der Waals surface area contributed by atoms with Gasteiger partial charge in [-0.2, -0.15) is 0 Å². The molecule has 0 heterocycles. The van der Waals surface area contributed by atoms with Crippen molar-refractivity contribution in [3.8, 4) is 0 Å². The van der Waals surface area contributed by atoms with Gasteiger partial charge >= 0.3 is 5.97 Å². The van der Waals surface area contributed by atoms with Crippen LogP contribution in [0.3, 0.4) is 0 Å². The Labute approximate surface area is 111 Å². The maximum absolute atomic E-state index is 12.0. The molecular formula is C12H16FNO4S. The van der Waals surface area contributed by atoms with Gasteiger partial charge in [0.1, 0.15) is 0 Å². The van der Waals surface area contributed by atoms with Crippen molar-refractivity contribution in [2.45, 2.75) is 24.7 Å². The van der Waals surface area contributed by atoms with Gasteiger partial charge in [0.05, 0.1) is 17.1 Å². The van der Waals surface area contributed by atoms with Gasteiger partial charge in [0, 0.05) is 6.54 Å². The van der Waals surface area contributed by atoms with Gasteiger partial charge in [-0.25, -0.2) is 17.9 Å². The number of aryl methyl sites for hydroxylation is 1. The van der Waals surface area contributed by atoms with Crippen LogP contribution in [0.15, 0.2) is 23.1 Å². The van der Waals surface area contributed by atoms with Crippen LogP contribution in [0.4, 0.5) is 4.39 Å². The first kappa shape index (κ1) is 15.6. The van der Waals surface area contributed by atoms with E-state index >= 15 is 0 Å². The lowest BCUT2D eigenvalue weighted by Crippen LogP contribution is -2.26. The second kappa shape index (κ2) is 6.63. The molecular weight excluding hydrogens is 273 g/mol. The summed E-state index contributed by atoms with van der Waals surface area (Å²) in [7, 11) is -3.81. The first-order valence-electron chi connectivity index (χ1n) is 5.84. The van der Waals surface area contributed by atoms with Crippen molar-refractivity contribution in [1.82, 2.24) is 4.72 Å². The minimum atomic E-state index is -3.81. The second-order valence-electron chi connectivity index (χ2n) is 3.92. The number of hydrogen-bond acceptors (Lipinski definition) is 3. The highest BCUT2D eigenvalue weighted by Crippen LogP contribution is 2.18. The van der Waals surface area contributed by atoms with Crippen LogP contribution in [-0.2, 0) is 16.4 Å². The van der Waals surface area contributed by atoms with Crippen molar-refractivity contribution in [1.29, 1.82) is 0 Å². The molecule has 0 unspecified atom stereocenters. The maximum Gasteiger partial charge on any atom is 0.335 e. The summed E-state index contributed by atoms with van der Waals surface area (Å²) in [5, 5.41) is 8.89. The predicted octanol–water partition coefficient (Wildman–Crippen LogP) is 1.59. The van der Waals surface area contributed by atoms with Crippen molar-refractivity contribution in [2.75, 3.05) is 13.2 Å². The number of rotatable bonds is 7. The Hall–Kier alpha value is -1.47. The third-order valence-corrected chi connectivity index (χ3v) is 4.13. The summed E-state index contributed by atoms with van der Waals surface area (Å²) in [6.45, 7) is 1.15. The normalized spacial score (nSPS) is 11.5. The lowest BCUT2D eigenvalue weighted by atomic mass is 10.1. The Kier molecular flexibility index (Phi) is 5.44. The molecule has 0 aliphatic rings. The Balaban J connectivity index is 3.15. The van der Waals surface area contributed by atoms with Gasteiger partial charge in [-0.05, 0) is 30.5 Å². The Bertz CT molecular complexity index is 557. The quantitative estimate of drug-likeness (QED) is 0.747. The zero-order chi connectivity index (χ0) is 14.5. The molecule has 0 fully saturated rings. The molecule has 0 saturated heterocycles. The number of carboxylic acid groups (broad SMARTS) is 1. The van der Waals surface area contributed by atoms with Gasteiger partial charge in [-0.3, -0.25) is 4.39 Å². The molecule has 0 radical (unpaired) electrons. The molecule has 7 heteroatoms. The highest BCUT2D eigenvalue weighted by atomic mass is 32.2. The lowest BCUT2D eigenvalue weighted by molar-refractivity contribution is 0.0696. The molecule has 0 atom stereocenters. The van der Waals surface area contributed by atoms with Crippen molar-refractivity contribution in [3.63, 3.8) is 0 Å². The van der Waals surface area contributed by atoms with Crippen LogP contribution in [0.2, 0.25) is 0 Å². The van der Waals surface area contributed by atoms with Crippen molar-refractivity contribution < 1.29 is 22.7 Å². The van der Waals surface area contributed by atoms with Crippen LogP contribution in [0.5, 0.6) is 0 Å². The van der Waals surface area contributed by atoms with E-state index in [-0.39, 0.29) is 23.4 Å². The monoisotopic (exact) mass is 289 g/mol. The number of benzene rings is 1. The largest absolute Gasteiger partial charge is 0.478 e. The van der Waals surface area contributed by atoms with E-state index in [1.54, 1.807) is 6.92 Å². The molecule has 0 aromatic heterocycles. The fourth-order valence-corrected chi connectivity index (χ4v) is 2.99. The minimum Gasteiger partial charge on any atom is -0.478 e. The smallest absolute Gasteiger partial charge is 0.335 e. The molecule has 0 spiro atoms. The summed E-state index contributed by atoms with van der Waals surface area (Å²) < 4.78 is 38.3. The summed E-state index contributed by atoms with van der Waals surface area (Å²) in [6.07, 6.45) is 0.540. The summed E-state index contributed by atoms with van der Waals surface area (Å²) in [4.78, 5) is 10.8. The van der Waals surface area contributed by atoms with Crippen molar-refractivity contribution >= 4 is 16.0 Å². The van der Waals surface area contributed by atoms with E-state index in [9.17, 15) is 17.6 Å². The number of hydrogen-bond donors (Lipinski definition) is 2. The minimum absolute atomic E-state index is 0.0146. The highest BCUT2D eigenvalue weighted by Gasteiger charge is 2.19. The summed E-state index contributed by atoms with van der Waals surface area (Å²) in [5.41, 5.74) is 0.431. The molecule has 1 aromatic carbocycles. The van der Waals surface area contributed by atoms with E-state index in [2.05, 4.69) is 4.72 Å². The summed E-state index contributed by atoms with van der Waals surface area (Å²) >= 11 is 0. The van der Waals surface area contributed by atoms with Crippen LogP contribution >= 0.6 is 0 Å². The Morgan fingerprint density at radius 2 is 2.11 bits per heavy atom. The second-order valence-corrected chi connectivity index (χ2v) is 5.66. The number of nitrogens with one attached hydrogen (secondary N) is 1. The zero-order valence-electron chi connectivity index (χ0n) is 10.5. The van der Waals surface area contributed by atoms with Gasteiger partial charge in [-0.15, -0.1) is 0 Å². The van der Waals surface area contributed by atoms with Gasteiger partial charge in [0.25, 0.3) is 0 Å². The van der Waals surface area contributed by atoms with E-state index in [1.165, 1.54) is 12.1 Å². The van der Waals surface area contributed by atoms with Crippen LogP contribution < -0.4 is 4.72 Å². The molecule has 1 aromatic rings. The molecule has 0 amide bonds.